The smallest absolute Gasteiger partial charge is 0.321 e. The number of aromatic nitrogens is 2. The summed E-state index contributed by atoms with van der Waals surface area (Å²) in [5.74, 6) is 0.785. The zero-order chi connectivity index (χ0) is 17.5. The van der Waals surface area contributed by atoms with Crippen LogP contribution < -0.4 is 15.4 Å². The monoisotopic (exact) mass is 350 g/mol. The van der Waals surface area contributed by atoms with Crippen LogP contribution in [0.4, 0.5) is 4.79 Å². The minimum Gasteiger partial charge on any atom is -0.497 e. The molecule has 0 unspecified atom stereocenters. The molecular formula is C15H18N4O4S. The number of nitrogens with one attached hydrogen (secondary N) is 2. The number of ether oxygens (including phenoxy) is 1. The molecule has 1 aromatic carbocycles. The summed E-state index contributed by atoms with van der Waals surface area (Å²) in [5, 5.41) is 12.1. The van der Waals surface area contributed by atoms with E-state index in [1.54, 1.807) is 14.0 Å². The van der Waals surface area contributed by atoms with Gasteiger partial charge in [0, 0.05) is 7.05 Å². The van der Waals surface area contributed by atoms with Gasteiger partial charge in [-0.3, -0.25) is 10.1 Å². The first kappa shape index (κ1) is 17.8. The van der Waals surface area contributed by atoms with E-state index in [2.05, 4.69) is 20.8 Å². The summed E-state index contributed by atoms with van der Waals surface area (Å²) in [7, 11) is 3.04. The van der Waals surface area contributed by atoms with E-state index in [-0.39, 0.29) is 5.22 Å². The number of benzene rings is 1. The Hall–Kier alpha value is -2.55. The van der Waals surface area contributed by atoms with Crippen molar-refractivity contribution < 1.29 is 18.7 Å². The maximum Gasteiger partial charge on any atom is 0.321 e. The molecular weight excluding hydrogens is 332 g/mol. The van der Waals surface area contributed by atoms with Gasteiger partial charge in [-0.2, -0.15) is 0 Å². The van der Waals surface area contributed by atoms with Crippen LogP contribution >= 0.6 is 11.8 Å². The molecule has 0 saturated carbocycles. The van der Waals surface area contributed by atoms with Crippen LogP contribution in [0.25, 0.3) is 0 Å². The van der Waals surface area contributed by atoms with Gasteiger partial charge in [0.1, 0.15) is 5.75 Å². The summed E-state index contributed by atoms with van der Waals surface area (Å²) in [5.41, 5.74) is 1.00. The summed E-state index contributed by atoms with van der Waals surface area (Å²) in [6, 6.07) is 6.97. The number of hydrogen-bond donors (Lipinski definition) is 2. The van der Waals surface area contributed by atoms with Gasteiger partial charge in [-0.1, -0.05) is 23.9 Å². The van der Waals surface area contributed by atoms with Crippen LogP contribution in [0.5, 0.6) is 5.75 Å². The summed E-state index contributed by atoms with van der Waals surface area (Å²) < 4.78 is 10.6. The summed E-state index contributed by atoms with van der Waals surface area (Å²) in [6.45, 7) is 1.65. The third-order valence-corrected chi connectivity index (χ3v) is 4.01. The van der Waals surface area contributed by atoms with Crippen molar-refractivity contribution in [3.63, 3.8) is 0 Å². The molecule has 3 amide bonds. The standard InChI is InChI=1S/C15H18N4O4S/c1-9(13(20)17-14(21)16-2)24-15-19-18-12(23-15)8-10-4-6-11(22-3)7-5-10/h4-7,9H,8H2,1-3H3,(H2,16,17,20,21)/t9-/m1/s1. The molecule has 2 rings (SSSR count). The molecule has 0 aliphatic heterocycles. The van der Waals surface area contributed by atoms with Gasteiger partial charge in [-0.25, -0.2) is 4.79 Å². The number of amides is 3. The first-order valence-electron chi connectivity index (χ1n) is 7.16. The molecule has 0 fully saturated rings. The molecule has 0 spiro atoms. The van der Waals surface area contributed by atoms with Crippen molar-refractivity contribution in [1.82, 2.24) is 20.8 Å². The highest BCUT2D eigenvalue weighted by molar-refractivity contribution is 8.00. The van der Waals surface area contributed by atoms with Crippen LogP contribution in [0.15, 0.2) is 33.9 Å². The lowest BCUT2D eigenvalue weighted by Crippen LogP contribution is -2.41. The van der Waals surface area contributed by atoms with E-state index in [1.807, 2.05) is 24.3 Å². The Morgan fingerprint density at radius 2 is 2.00 bits per heavy atom. The molecule has 0 radical (unpaired) electrons. The van der Waals surface area contributed by atoms with Gasteiger partial charge in [0.05, 0.1) is 18.8 Å². The molecule has 8 nitrogen and oxygen atoms in total. The minimum absolute atomic E-state index is 0.276. The quantitative estimate of drug-likeness (QED) is 0.762. The van der Waals surface area contributed by atoms with Crippen molar-refractivity contribution >= 4 is 23.7 Å². The molecule has 1 heterocycles. The fourth-order valence-electron chi connectivity index (χ4n) is 1.76. The lowest BCUT2D eigenvalue weighted by Gasteiger charge is -2.07. The summed E-state index contributed by atoms with van der Waals surface area (Å²) >= 11 is 1.09. The maximum absolute atomic E-state index is 11.8. The van der Waals surface area contributed by atoms with Gasteiger partial charge < -0.3 is 14.5 Å². The predicted molar refractivity (Wildman–Crippen MR) is 88.0 cm³/mol. The van der Waals surface area contributed by atoms with Crippen LogP contribution in [0.3, 0.4) is 0 Å². The third-order valence-electron chi connectivity index (χ3n) is 3.07. The van der Waals surface area contributed by atoms with Crippen molar-refractivity contribution in [2.75, 3.05) is 14.2 Å². The molecule has 24 heavy (non-hydrogen) atoms. The van der Waals surface area contributed by atoms with Crippen molar-refractivity contribution in [2.24, 2.45) is 0 Å². The Kier molecular flexibility index (Phi) is 6.19. The van der Waals surface area contributed by atoms with Gasteiger partial charge in [0.15, 0.2) is 0 Å². The highest BCUT2D eigenvalue weighted by atomic mass is 32.2. The second-order valence-corrected chi connectivity index (χ2v) is 6.11. The maximum atomic E-state index is 11.8. The molecule has 1 aromatic heterocycles. The van der Waals surface area contributed by atoms with Crippen LogP contribution in [0.1, 0.15) is 18.4 Å². The topological polar surface area (TPSA) is 106 Å². The molecule has 0 aliphatic carbocycles. The lowest BCUT2D eigenvalue weighted by molar-refractivity contribution is -0.119. The van der Waals surface area contributed by atoms with Crippen LogP contribution in [-0.2, 0) is 11.2 Å². The zero-order valence-electron chi connectivity index (χ0n) is 13.5. The number of carbonyl (C=O) groups excluding carboxylic acids is 2. The highest BCUT2D eigenvalue weighted by Gasteiger charge is 2.19. The first-order chi connectivity index (χ1) is 11.5. The summed E-state index contributed by atoms with van der Waals surface area (Å²) in [6.07, 6.45) is 0.483. The highest BCUT2D eigenvalue weighted by Crippen LogP contribution is 2.23. The number of rotatable bonds is 6. The Bertz CT molecular complexity index is 702. The largest absolute Gasteiger partial charge is 0.497 e. The summed E-state index contributed by atoms with van der Waals surface area (Å²) in [4.78, 5) is 22.9. The normalized spacial score (nSPS) is 11.6. The number of carbonyl (C=O) groups is 2. The van der Waals surface area contributed by atoms with Gasteiger partial charge in [0.25, 0.3) is 5.22 Å². The number of imide groups is 1. The molecule has 2 N–H and O–H groups in total. The van der Waals surface area contributed by atoms with Crippen LogP contribution in [-0.4, -0.2) is 41.5 Å². The van der Waals surface area contributed by atoms with Gasteiger partial charge in [0.2, 0.25) is 11.8 Å². The van der Waals surface area contributed by atoms with Gasteiger partial charge in [-0.15, -0.1) is 10.2 Å². The van der Waals surface area contributed by atoms with Crippen LogP contribution in [0, 0.1) is 0 Å². The molecule has 0 saturated heterocycles. The average molecular weight is 350 g/mol. The lowest BCUT2D eigenvalue weighted by atomic mass is 10.1. The van der Waals surface area contributed by atoms with E-state index in [0.29, 0.717) is 12.3 Å². The van der Waals surface area contributed by atoms with Crippen molar-refractivity contribution in [1.29, 1.82) is 0 Å². The molecule has 1 atom stereocenters. The number of nitrogens with zero attached hydrogens (tertiary/aromatic N) is 2. The fourth-order valence-corrected chi connectivity index (χ4v) is 2.46. The average Bonchev–Trinajstić information content (AvgIpc) is 3.02. The van der Waals surface area contributed by atoms with Crippen molar-refractivity contribution in [2.45, 2.75) is 23.8 Å². The van der Waals surface area contributed by atoms with Gasteiger partial charge >= 0.3 is 6.03 Å². The predicted octanol–water partition coefficient (Wildman–Crippen LogP) is 1.61. The Morgan fingerprint density at radius 1 is 1.29 bits per heavy atom. The van der Waals surface area contributed by atoms with Crippen molar-refractivity contribution in [3.8, 4) is 5.75 Å². The number of methoxy groups -OCH3 is 1. The molecule has 9 heteroatoms. The second-order valence-electron chi connectivity index (χ2n) is 4.82. The third kappa shape index (κ3) is 4.98. The Labute approximate surface area is 143 Å². The van der Waals surface area contributed by atoms with Crippen molar-refractivity contribution in [3.05, 3.63) is 35.7 Å². The SMILES string of the molecule is CNC(=O)NC(=O)[C@@H](C)Sc1nnc(Cc2ccc(OC)cc2)o1. The Morgan fingerprint density at radius 3 is 2.62 bits per heavy atom. The minimum atomic E-state index is -0.557. The number of thioether (sulfide) groups is 1. The van der Waals surface area contributed by atoms with E-state index in [9.17, 15) is 9.59 Å². The van der Waals surface area contributed by atoms with E-state index in [4.69, 9.17) is 9.15 Å². The number of urea groups is 1. The second kappa shape index (κ2) is 8.34. The fraction of sp³-hybridized carbons (Fsp3) is 0.333. The molecule has 0 aliphatic rings. The van der Waals surface area contributed by atoms with E-state index >= 15 is 0 Å². The van der Waals surface area contributed by atoms with Crippen LogP contribution in [0.2, 0.25) is 0 Å². The molecule has 2 aromatic rings. The van der Waals surface area contributed by atoms with E-state index < -0.39 is 17.2 Å². The zero-order valence-corrected chi connectivity index (χ0v) is 14.3. The molecule has 128 valence electrons. The van der Waals surface area contributed by atoms with E-state index in [1.165, 1.54) is 7.05 Å². The molecule has 0 bridgehead atoms. The first-order valence-corrected chi connectivity index (χ1v) is 8.04. The Balaban J connectivity index is 1.92. The number of hydrogen-bond acceptors (Lipinski definition) is 7. The van der Waals surface area contributed by atoms with E-state index in [0.717, 1.165) is 23.1 Å². The van der Waals surface area contributed by atoms with Gasteiger partial charge in [-0.05, 0) is 24.6 Å².